The van der Waals surface area contributed by atoms with Crippen LogP contribution in [0, 0.1) is 5.41 Å². The molecule has 2 heterocycles. The minimum absolute atomic E-state index is 0.0545. The maximum atomic E-state index is 14.7. The van der Waals surface area contributed by atoms with Crippen LogP contribution >= 0.6 is 0 Å². The number of aromatic hydroxyl groups is 1. The second kappa shape index (κ2) is 8.99. The van der Waals surface area contributed by atoms with Crippen LogP contribution in [0.15, 0.2) is 43.1 Å². The summed E-state index contributed by atoms with van der Waals surface area (Å²) < 4.78 is 22.3. The van der Waals surface area contributed by atoms with Crippen molar-refractivity contribution in [3.63, 3.8) is 0 Å². The molecule has 0 unspecified atom stereocenters. The van der Waals surface area contributed by atoms with Crippen molar-refractivity contribution in [3.05, 3.63) is 43.1 Å². The van der Waals surface area contributed by atoms with Gasteiger partial charge in [-0.1, -0.05) is 25.4 Å². The van der Waals surface area contributed by atoms with Crippen LogP contribution in [0.3, 0.4) is 0 Å². The lowest BCUT2D eigenvalue weighted by Crippen LogP contribution is -2.33. The van der Waals surface area contributed by atoms with Crippen LogP contribution in [-0.4, -0.2) is 42.1 Å². The summed E-state index contributed by atoms with van der Waals surface area (Å²) in [6.07, 6.45) is 10.1. The van der Waals surface area contributed by atoms with Gasteiger partial charge in [0.25, 0.3) is 0 Å². The second-order valence-electron chi connectivity index (χ2n) is 8.63. The van der Waals surface area contributed by atoms with Crippen molar-refractivity contribution in [1.29, 1.82) is 0 Å². The molecule has 7 nitrogen and oxygen atoms in total. The number of imidazole rings is 1. The lowest BCUT2D eigenvalue weighted by molar-refractivity contribution is 0.0560. The van der Waals surface area contributed by atoms with Gasteiger partial charge in [-0.2, -0.15) is 0 Å². The van der Waals surface area contributed by atoms with E-state index in [0.717, 1.165) is 31.4 Å². The molecule has 164 valence electrons. The van der Waals surface area contributed by atoms with Gasteiger partial charge >= 0.3 is 6.01 Å². The highest BCUT2D eigenvalue weighted by atomic mass is 19.1. The normalized spacial score (nSPS) is 24.0. The van der Waals surface area contributed by atoms with Gasteiger partial charge in [0.1, 0.15) is 23.7 Å². The number of benzene rings is 1. The van der Waals surface area contributed by atoms with Crippen LogP contribution in [0.2, 0.25) is 0 Å². The number of halogens is 1. The minimum Gasteiger partial charge on any atom is -0.507 e. The van der Waals surface area contributed by atoms with E-state index >= 15 is 0 Å². The Morgan fingerprint density at radius 1 is 1.32 bits per heavy atom. The van der Waals surface area contributed by atoms with E-state index < -0.39 is 12.3 Å². The average Bonchev–Trinajstić information content (AvgIpc) is 3.24. The molecule has 0 amide bonds. The summed E-state index contributed by atoms with van der Waals surface area (Å²) in [6, 6.07) is 5.27. The lowest BCUT2D eigenvalue weighted by atomic mass is 9.78. The van der Waals surface area contributed by atoms with E-state index in [2.05, 4.69) is 34.0 Å². The number of alkyl halides is 1. The number of ether oxygens (including phenoxy) is 1. The third-order valence-corrected chi connectivity index (χ3v) is 6.07. The van der Waals surface area contributed by atoms with E-state index in [4.69, 9.17) is 4.74 Å². The molecule has 1 aliphatic carbocycles. The lowest BCUT2D eigenvalue weighted by Gasteiger charge is -2.31. The molecule has 8 heteroatoms. The first kappa shape index (κ1) is 21.2. The fourth-order valence-electron chi connectivity index (χ4n) is 4.46. The molecule has 0 spiro atoms. The van der Waals surface area contributed by atoms with E-state index in [1.807, 2.05) is 6.07 Å². The topological polar surface area (TPSA) is 86.0 Å². The van der Waals surface area contributed by atoms with Gasteiger partial charge in [-0.25, -0.2) is 14.4 Å². The number of phenolic OH excluding ortho intramolecular Hbond substituents is 1. The van der Waals surface area contributed by atoms with Crippen LogP contribution in [0.4, 0.5) is 4.39 Å². The summed E-state index contributed by atoms with van der Waals surface area (Å²) in [5.74, 6) is 0.0545. The molecule has 0 bridgehead atoms. The summed E-state index contributed by atoms with van der Waals surface area (Å²) in [7, 11) is 0. The molecule has 0 radical (unpaired) electrons. The zero-order chi connectivity index (χ0) is 21.8. The molecule has 1 saturated carbocycles. The molecule has 1 N–H and O–H groups in total. The quantitative estimate of drug-likeness (QED) is 0.566. The molecular formula is C23H28FN5O2. The molecule has 1 aliphatic rings. The first-order valence-corrected chi connectivity index (χ1v) is 10.8. The monoisotopic (exact) mass is 425 g/mol. The highest BCUT2D eigenvalue weighted by Gasteiger charge is 2.36. The molecule has 31 heavy (non-hydrogen) atoms. The smallest absolute Gasteiger partial charge is 0.336 e. The summed E-state index contributed by atoms with van der Waals surface area (Å²) in [4.78, 5) is 8.24. The fraction of sp³-hybridized carbons (Fsp3) is 0.478. The minimum atomic E-state index is -1.04. The molecule has 3 aromatic rings. The van der Waals surface area contributed by atoms with Crippen molar-refractivity contribution in [1.82, 2.24) is 24.7 Å². The maximum absolute atomic E-state index is 14.7. The van der Waals surface area contributed by atoms with Gasteiger partial charge in [-0.3, -0.25) is 0 Å². The van der Waals surface area contributed by atoms with Crippen molar-refractivity contribution < 1.29 is 14.2 Å². The van der Waals surface area contributed by atoms with Gasteiger partial charge in [0.2, 0.25) is 0 Å². The summed E-state index contributed by atoms with van der Waals surface area (Å²) >= 11 is 0. The number of phenols is 1. The molecule has 0 saturated heterocycles. The Bertz CT molecular complexity index is 996. The Labute approximate surface area is 181 Å². The van der Waals surface area contributed by atoms with E-state index in [1.54, 1.807) is 35.4 Å². The predicted octanol–water partition coefficient (Wildman–Crippen LogP) is 4.90. The average molecular weight is 426 g/mol. The Hall–Kier alpha value is -3.03. The van der Waals surface area contributed by atoms with Gasteiger partial charge in [-0.05, 0) is 49.7 Å². The fourth-order valence-corrected chi connectivity index (χ4v) is 4.46. The van der Waals surface area contributed by atoms with E-state index in [1.165, 1.54) is 6.20 Å². The van der Waals surface area contributed by atoms with Gasteiger partial charge < -0.3 is 14.4 Å². The van der Waals surface area contributed by atoms with Crippen LogP contribution < -0.4 is 4.74 Å². The van der Waals surface area contributed by atoms with Crippen LogP contribution in [0.5, 0.6) is 11.8 Å². The van der Waals surface area contributed by atoms with Gasteiger partial charge in [0, 0.05) is 24.0 Å². The molecule has 2 aromatic heterocycles. The molecule has 1 aromatic carbocycles. The predicted molar refractivity (Wildman–Crippen MR) is 115 cm³/mol. The number of hydrogen-bond donors (Lipinski definition) is 1. The van der Waals surface area contributed by atoms with Crippen molar-refractivity contribution >= 4 is 0 Å². The standard InChI is InChI=1S/C23H28FN5O2/c1-3-8-23(2)9-4-5-18(24)21(13-23)31-22-26-14-19(27-28-22)17-7-6-16(12-20(17)30)29-11-10-25-15-29/h6-7,10-12,14-15,18,21,30H,3-5,8-9,13H2,1-2H3/t18-,21-,23-/m1/s1. The second-order valence-corrected chi connectivity index (χ2v) is 8.63. The van der Waals surface area contributed by atoms with Crippen molar-refractivity contribution in [2.24, 2.45) is 5.41 Å². The van der Waals surface area contributed by atoms with Gasteiger partial charge in [-0.15, -0.1) is 5.10 Å². The largest absolute Gasteiger partial charge is 0.507 e. The number of nitrogens with zero attached hydrogens (tertiary/aromatic N) is 5. The van der Waals surface area contributed by atoms with Crippen LogP contribution in [0.25, 0.3) is 16.9 Å². The van der Waals surface area contributed by atoms with Crippen molar-refractivity contribution in [2.45, 2.75) is 64.6 Å². The summed E-state index contributed by atoms with van der Waals surface area (Å²) in [6.45, 7) is 4.37. The van der Waals surface area contributed by atoms with E-state index in [0.29, 0.717) is 24.1 Å². The van der Waals surface area contributed by atoms with E-state index in [9.17, 15) is 9.50 Å². The third-order valence-electron chi connectivity index (χ3n) is 6.07. The molecule has 4 rings (SSSR count). The first-order valence-electron chi connectivity index (χ1n) is 10.8. The Morgan fingerprint density at radius 3 is 2.87 bits per heavy atom. The van der Waals surface area contributed by atoms with E-state index in [-0.39, 0.29) is 17.2 Å². The number of rotatable bonds is 6. The highest BCUT2D eigenvalue weighted by Crippen LogP contribution is 2.40. The maximum Gasteiger partial charge on any atom is 0.336 e. The Balaban J connectivity index is 1.49. The highest BCUT2D eigenvalue weighted by molar-refractivity contribution is 5.67. The van der Waals surface area contributed by atoms with Crippen molar-refractivity contribution in [3.8, 4) is 28.7 Å². The van der Waals surface area contributed by atoms with Crippen LogP contribution in [-0.2, 0) is 0 Å². The Kier molecular flexibility index (Phi) is 6.15. The summed E-state index contributed by atoms with van der Waals surface area (Å²) in [5, 5.41) is 18.6. The zero-order valence-corrected chi connectivity index (χ0v) is 17.9. The first-order chi connectivity index (χ1) is 15.0. The Morgan fingerprint density at radius 2 is 2.19 bits per heavy atom. The number of aromatic nitrogens is 5. The summed E-state index contributed by atoms with van der Waals surface area (Å²) in [5.41, 5.74) is 1.76. The molecule has 3 atom stereocenters. The SMILES string of the molecule is CCC[C@]1(C)CCC[C@@H](F)[C@H](Oc2ncc(-c3ccc(-n4ccnc4)cc3O)nn2)C1. The molecule has 1 fully saturated rings. The van der Waals surface area contributed by atoms with Gasteiger partial charge in [0.05, 0.1) is 18.2 Å². The van der Waals surface area contributed by atoms with Crippen molar-refractivity contribution in [2.75, 3.05) is 0 Å². The van der Waals surface area contributed by atoms with Gasteiger partial charge in [0.15, 0.2) is 0 Å². The molecular weight excluding hydrogens is 397 g/mol. The van der Waals surface area contributed by atoms with Crippen LogP contribution in [0.1, 0.15) is 52.4 Å². The third kappa shape index (κ3) is 4.84. The number of hydrogen-bond acceptors (Lipinski definition) is 6. The molecule has 0 aliphatic heterocycles. The zero-order valence-electron chi connectivity index (χ0n) is 17.9.